The predicted octanol–water partition coefficient (Wildman–Crippen LogP) is 4.82. The maximum Gasteiger partial charge on any atom is 0.255 e. The Kier molecular flexibility index (Phi) is 5.97. The summed E-state index contributed by atoms with van der Waals surface area (Å²) in [5, 5.41) is 23.1. The molecule has 1 aliphatic carbocycles. The minimum atomic E-state index is -1.03. The van der Waals surface area contributed by atoms with Gasteiger partial charge in [-0.15, -0.1) is 10.2 Å². The number of aromatic nitrogens is 4. The highest BCUT2D eigenvalue weighted by atomic mass is 19.1. The first-order chi connectivity index (χ1) is 18.2. The van der Waals surface area contributed by atoms with E-state index in [2.05, 4.69) is 37.3 Å². The number of aromatic hydroxyl groups is 1. The zero-order chi connectivity index (χ0) is 26.7. The van der Waals surface area contributed by atoms with Crippen LogP contribution in [0.1, 0.15) is 52.4 Å². The van der Waals surface area contributed by atoms with E-state index in [-0.39, 0.29) is 34.9 Å². The lowest BCUT2D eigenvalue weighted by Crippen LogP contribution is -2.73. The van der Waals surface area contributed by atoms with E-state index >= 15 is 4.39 Å². The highest BCUT2D eigenvalue weighted by Gasteiger charge is 2.55. The van der Waals surface area contributed by atoms with Gasteiger partial charge in [0.2, 0.25) is 0 Å². The van der Waals surface area contributed by atoms with E-state index in [0.717, 1.165) is 32.1 Å². The highest BCUT2D eigenvalue weighted by molar-refractivity contribution is 5.73. The number of rotatable bonds is 6. The Morgan fingerprint density at radius 3 is 2.58 bits per heavy atom. The smallest absolute Gasteiger partial charge is 0.255 e. The van der Waals surface area contributed by atoms with Gasteiger partial charge in [0.15, 0.2) is 17.4 Å². The van der Waals surface area contributed by atoms with Crippen molar-refractivity contribution in [1.82, 2.24) is 25.5 Å². The van der Waals surface area contributed by atoms with E-state index < -0.39 is 17.7 Å². The number of anilines is 1. The number of piperidine rings is 2. The van der Waals surface area contributed by atoms with Crippen LogP contribution in [0.3, 0.4) is 0 Å². The summed E-state index contributed by atoms with van der Waals surface area (Å²) in [6.07, 6.45) is 7.56. The number of fused-ring (bicyclic) bond motifs is 2. The summed E-state index contributed by atoms with van der Waals surface area (Å²) >= 11 is 0. The Morgan fingerprint density at radius 2 is 1.89 bits per heavy atom. The molecule has 0 spiro atoms. The van der Waals surface area contributed by atoms with Crippen LogP contribution in [-0.4, -0.2) is 61.7 Å². The number of halogens is 2. The summed E-state index contributed by atoms with van der Waals surface area (Å²) in [6.45, 7) is 4.20. The number of ether oxygens (including phenoxy) is 1. The van der Waals surface area contributed by atoms with Gasteiger partial charge >= 0.3 is 0 Å². The third kappa shape index (κ3) is 4.34. The van der Waals surface area contributed by atoms with Crippen LogP contribution in [0.15, 0.2) is 36.7 Å². The molecule has 2 saturated heterocycles. The molecular formula is C28H32F2N6O2. The number of nitrogens with one attached hydrogen (secondary N) is 1. The normalized spacial score (nSPS) is 28.7. The van der Waals surface area contributed by atoms with E-state index in [1.165, 1.54) is 19.4 Å². The fraction of sp³-hybridized carbons (Fsp3) is 0.500. The SMILES string of the molecule is COc1cc(-c2ccc(-c3ncc(N(C4CC4)[C@H]4C[C@]5(C)CCC[C@@](C)(N5)[C@H]4F)nn3)c(O)c2)cnc1F. The zero-order valence-corrected chi connectivity index (χ0v) is 21.8. The number of phenolic OH excluding ortho intramolecular Hbond substituents is 1. The van der Waals surface area contributed by atoms with Crippen LogP contribution in [0.4, 0.5) is 14.6 Å². The van der Waals surface area contributed by atoms with Crippen molar-refractivity contribution in [3.8, 4) is 34.0 Å². The largest absolute Gasteiger partial charge is 0.507 e. The lowest BCUT2D eigenvalue weighted by Gasteiger charge is -2.57. The highest BCUT2D eigenvalue weighted by Crippen LogP contribution is 2.46. The maximum absolute atomic E-state index is 16.0. The van der Waals surface area contributed by atoms with Gasteiger partial charge in [-0.3, -0.25) is 0 Å². The number of nitrogens with zero attached hydrogens (tertiary/aromatic N) is 5. The van der Waals surface area contributed by atoms with Crippen LogP contribution in [0.25, 0.3) is 22.5 Å². The van der Waals surface area contributed by atoms with Gasteiger partial charge < -0.3 is 20.1 Å². The monoisotopic (exact) mass is 522 g/mol. The number of hydrogen-bond acceptors (Lipinski definition) is 8. The molecule has 4 heterocycles. The van der Waals surface area contributed by atoms with Gasteiger partial charge in [0.25, 0.3) is 5.95 Å². The first kappa shape index (κ1) is 24.9. The molecule has 2 N–H and O–H groups in total. The molecule has 8 nitrogen and oxygen atoms in total. The molecule has 2 aliphatic heterocycles. The lowest BCUT2D eigenvalue weighted by atomic mass is 9.68. The molecule has 1 aromatic carbocycles. The van der Waals surface area contributed by atoms with Crippen molar-refractivity contribution >= 4 is 5.82 Å². The van der Waals surface area contributed by atoms with Crippen LogP contribution < -0.4 is 15.0 Å². The van der Waals surface area contributed by atoms with Crippen molar-refractivity contribution in [3.63, 3.8) is 0 Å². The van der Waals surface area contributed by atoms with Crippen LogP contribution in [0.2, 0.25) is 0 Å². The fourth-order valence-electron chi connectivity index (χ4n) is 6.37. The van der Waals surface area contributed by atoms with Gasteiger partial charge in [0.05, 0.1) is 24.9 Å². The third-order valence-electron chi connectivity index (χ3n) is 8.33. The number of hydrogen-bond donors (Lipinski definition) is 2. The molecule has 38 heavy (non-hydrogen) atoms. The molecule has 3 fully saturated rings. The van der Waals surface area contributed by atoms with Crippen LogP contribution >= 0.6 is 0 Å². The Balaban J connectivity index is 1.27. The van der Waals surface area contributed by atoms with Gasteiger partial charge in [0, 0.05) is 28.9 Å². The molecular weight excluding hydrogens is 490 g/mol. The van der Waals surface area contributed by atoms with E-state index in [4.69, 9.17) is 4.74 Å². The molecule has 2 aromatic heterocycles. The lowest BCUT2D eigenvalue weighted by molar-refractivity contribution is 0.000258. The van der Waals surface area contributed by atoms with Crippen LogP contribution in [0.5, 0.6) is 11.5 Å². The van der Waals surface area contributed by atoms with E-state index in [1.54, 1.807) is 24.4 Å². The maximum atomic E-state index is 16.0. The second kappa shape index (κ2) is 9.11. The van der Waals surface area contributed by atoms with Gasteiger partial charge in [0.1, 0.15) is 11.9 Å². The van der Waals surface area contributed by atoms with Crippen molar-refractivity contribution in [2.75, 3.05) is 12.0 Å². The second-order valence-corrected chi connectivity index (χ2v) is 11.4. The second-order valence-electron chi connectivity index (χ2n) is 11.4. The van der Waals surface area contributed by atoms with Crippen LogP contribution in [0, 0.1) is 5.95 Å². The molecule has 0 unspecified atom stereocenters. The van der Waals surface area contributed by atoms with Gasteiger partial charge in [-0.05, 0) is 76.1 Å². The predicted molar refractivity (Wildman–Crippen MR) is 139 cm³/mol. The topological polar surface area (TPSA) is 96.3 Å². The Hall–Kier alpha value is -3.40. The number of methoxy groups -OCH3 is 1. The van der Waals surface area contributed by atoms with Crippen molar-refractivity contribution in [3.05, 3.63) is 42.6 Å². The van der Waals surface area contributed by atoms with Crippen molar-refractivity contribution < 1.29 is 18.6 Å². The van der Waals surface area contributed by atoms with Gasteiger partial charge in [-0.1, -0.05) is 6.07 Å². The molecule has 4 atom stereocenters. The van der Waals surface area contributed by atoms with E-state index in [9.17, 15) is 9.50 Å². The number of alkyl halides is 1. The van der Waals surface area contributed by atoms with Crippen molar-refractivity contribution in [1.29, 1.82) is 0 Å². The summed E-state index contributed by atoms with van der Waals surface area (Å²) in [5.41, 5.74) is 0.976. The van der Waals surface area contributed by atoms with Gasteiger partial charge in [-0.25, -0.2) is 14.4 Å². The zero-order valence-electron chi connectivity index (χ0n) is 21.8. The first-order valence-corrected chi connectivity index (χ1v) is 13.1. The molecule has 3 aromatic rings. The molecule has 3 aliphatic rings. The molecule has 0 radical (unpaired) electrons. The Labute approximate surface area is 220 Å². The minimum absolute atomic E-state index is 0.0188. The summed E-state index contributed by atoms with van der Waals surface area (Å²) in [6, 6.07) is 6.45. The quantitative estimate of drug-likeness (QED) is 0.445. The molecule has 0 amide bonds. The number of phenols is 1. The summed E-state index contributed by atoms with van der Waals surface area (Å²) < 4.78 is 34.7. The average molecular weight is 523 g/mol. The van der Waals surface area contributed by atoms with Gasteiger partial charge in [-0.2, -0.15) is 4.39 Å². The minimum Gasteiger partial charge on any atom is -0.507 e. The molecule has 2 bridgehead atoms. The average Bonchev–Trinajstić information content (AvgIpc) is 3.73. The Morgan fingerprint density at radius 1 is 1.08 bits per heavy atom. The summed E-state index contributed by atoms with van der Waals surface area (Å²) in [7, 11) is 1.37. The fourth-order valence-corrected chi connectivity index (χ4v) is 6.37. The summed E-state index contributed by atoms with van der Waals surface area (Å²) in [4.78, 5) is 10.3. The first-order valence-electron chi connectivity index (χ1n) is 13.1. The molecule has 10 heteroatoms. The van der Waals surface area contributed by atoms with Crippen molar-refractivity contribution in [2.24, 2.45) is 0 Å². The summed E-state index contributed by atoms with van der Waals surface area (Å²) in [5.74, 6) is 0.102. The third-order valence-corrected chi connectivity index (χ3v) is 8.33. The molecule has 6 rings (SSSR count). The van der Waals surface area contributed by atoms with E-state index in [0.29, 0.717) is 28.9 Å². The standard InChI is InChI=1S/C28H32F2N6O2/c1-27-9-4-10-28(2,35-27)24(29)20(13-27)36(18-6-7-18)23-15-32-26(34-33-23)19-8-5-16(11-21(19)37)17-12-22(38-3)25(30)31-14-17/h5,8,11-12,14-15,18,20,24,35,37H,4,6-7,9-10,13H2,1-3H3/t20-,24-,27-,28+/m0/s1. The van der Waals surface area contributed by atoms with E-state index in [1.807, 2.05) is 6.92 Å². The molecule has 1 saturated carbocycles. The molecule has 200 valence electrons. The number of pyridine rings is 1. The van der Waals surface area contributed by atoms with Crippen molar-refractivity contribution in [2.45, 2.75) is 81.7 Å². The van der Waals surface area contributed by atoms with Crippen LogP contribution in [-0.2, 0) is 0 Å². The number of benzene rings is 1. The Bertz CT molecular complexity index is 1350.